The second kappa shape index (κ2) is 9.66. The summed E-state index contributed by atoms with van der Waals surface area (Å²) in [4.78, 5) is 20.6. The van der Waals surface area contributed by atoms with E-state index >= 15 is 0 Å². The molecule has 0 spiro atoms. The molecule has 3 aromatic carbocycles. The molecule has 0 amide bonds. The molecule has 1 saturated heterocycles. The number of nitrogens with zero attached hydrogens (tertiary/aromatic N) is 3. The number of carbonyl (C=O) groups is 1. The first kappa shape index (κ1) is 24.4. The van der Waals surface area contributed by atoms with Crippen LogP contribution in [0.25, 0.3) is 10.9 Å². The molecule has 0 unspecified atom stereocenters. The third-order valence-corrected chi connectivity index (χ3v) is 7.56. The summed E-state index contributed by atoms with van der Waals surface area (Å²) in [6.07, 6.45) is 0. The maximum absolute atomic E-state index is 13.5. The minimum atomic E-state index is -4.08. The largest absolute Gasteiger partial charge is 0.478 e. The zero-order valence-corrected chi connectivity index (χ0v) is 20.3. The summed E-state index contributed by atoms with van der Waals surface area (Å²) in [5, 5.41) is 10.1. The summed E-state index contributed by atoms with van der Waals surface area (Å²) in [6, 6.07) is 16.8. The number of benzene rings is 3. The molecule has 5 rings (SSSR count). The molecule has 2 N–H and O–H groups in total. The first-order valence-corrected chi connectivity index (χ1v) is 12.9. The van der Waals surface area contributed by atoms with E-state index in [1.54, 1.807) is 18.2 Å². The van der Waals surface area contributed by atoms with Crippen LogP contribution in [-0.4, -0.2) is 50.7 Å². The van der Waals surface area contributed by atoms with Crippen LogP contribution in [0, 0.1) is 11.6 Å². The Bertz CT molecular complexity index is 1590. The Morgan fingerprint density at radius 3 is 2.24 bits per heavy atom. The molecule has 0 radical (unpaired) electrons. The quantitative estimate of drug-likeness (QED) is 0.387. The van der Waals surface area contributed by atoms with Crippen molar-refractivity contribution >= 4 is 44.1 Å². The van der Waals surface area contributed by atoms with E-state index in [9.17, 15) is 27.1 Å². The van der Waals surface area contributed by atoms with E-state index in [-0.39, 0.29) is 27.3 Å². The standard InChI is InChI=1S/C26H22F2N4O4S/c27-17-4-7-20(8-5-17)31-10-12-32(13-11-31)25-16-23(26(33)34)22-15-19(6-9-24(22)29-25)30-37(35,36)21-3-1-2-18(28)14-21/h1-9,14-16,30H,10-13H2,(H,33,34). The van der Waals surface area contributed by atoms with Crippen molar-refractivity contribution < 1.29 is 27.1 Å². The van der Waals surface area contributed by atoms with Gasteiger partial charge < -0.3 is 14.9 Å². The van der Waals surface area contributed by atoms with Gasteiger partial charge in [-0.15, -0.1) is 0 Å². The number of aromatic carboxylic acids is 1. The van der Waals surface area contributed by atoms with Gasteiger partial charge in [0, 0.05) is 42.9 Å². The Kier molecular flexibility index (Phi) is 6.38. The van der Waals surface area contributed by atoms with Gasteiger partial charge in [0.15, 0.2) is 0 Å². The van der Waals surface area contributed by atoms with Crippen LogP contribution in [0.5, 0.6) is 0 Å². The zero-order valence-electron chi connectivity index (χ0n) is 19.4. The molecular weight excluding hydrogens is 502 g/mol. The van der Waals surface area contributed by atoms with Crippen molar-refractivity contribution in [2.45, 2.75) is 4.90 Å². The van der Waals surface area contributed by atoms with Crippen molar-refractivity contribution in [2.75, 3.05) is 40.7 Å². The molecule has 37 heavy (non-hydrogen) atoms. The van der Waals surface area contributed by atoms with Crippen LogP contribution in [-0.2, 0) is 10.0 Å². The summed E-state index contributed by atoms with van der Waals surface area (Å²) in [5.74, 6) is -1.67. The Labute approximate surface area is 211 Å². The zero-order chi connectivity index (χ0) is 26.2. The van der Waals surface area contributed by atoms with Crippen molar-refractivity contribution in [1.29, 1.82) is 0 Å². The van der Waals surface area contributed by atoms with Gasteiger partial charge in [-0.05, 0) is 66.7 Å². The van der Waals surface area contributed by atoms with E-state index < -0.39 is 21.8 Å². The average molecular weight is 525 g/mol. The molecule has 0 saturated carbocycles. The number of piperazine rings is 1. The lowest BCUT2D eigenvalue weighted by Gasteiger charge is -2.37. The van der Waals surface area contributed by atoms with E-state index in [1.165, 1.54) is 42.5 Å². The van der Waals surface area contributed by atoms with Crippen LogP contribution in [0.4, 0.5) is 26.0 Å². The number of hydrogen-bond acceptors (Lipinski definition) is 6. The number of hydrogen-bond donors (Lipinski definition) is 2. The van der Waals surface area contributed by atoms with E-state index in [0.29, 0.717) is 37.5 Å². The van der Waals surface area contributed by atoms with Gasteiger partial charge in [-0.3, -0.25) is 4.72 Å². The predicted octanol–water partition coefficient (Wildman–Crippen LogP) is 4.34. The highest BCUT2D eigenvalue weighted by Crippen LogP contribution is 2.28. The number of nitrogens with one attached hydrogen (secondary N) is 1. The lowest BCUT2D eigenvalue weighted by molar-refractivity contribution is 0.0699. The number of pyridine rings is 1. The molecule has 8 nitrogen and oxygen atoms in total. The third kappa shape index (κ3) is 5.17. The fourth-order valence-corrected chi connectivity index (χ4v) is 5.39. The fourth-order valence-electron chi connectivity index (χ4n) is 4.31. The SMILES string of the molecule is O=C(O)c1cc(N2CCN(c3ccc(F)cc3)CC2)nc2ccc(NS(=O)(=O)c3cccc(F)c3)cc12. The van der Waals surface area contributed by atoms with Crippen LogP contribution in [0.15, 0.2) is 77.7 Å². The van der Waals surface area contributed by atoms with Gasteiger partial charge in [-0.1, -0.05) is 6.07 Å². The first-order valence-electron chi connectivity index (χ1n) is 11.4. The van der Waals surface area contributed by atoms with Crippen LogP contribution in [0.1, 0.15) is 10.4 Å². The normalized spacial score (nSPS) is 14.1. The molecule has 0 aliphatic carbocycles. The molecular formula is C26H22F2N4O4S. The lowest BCUT2D eigenvalue weighted by Crippen LogP contribution is -2.46. The van der Waals surface area contributed by atoms with Gasteiger partial charge >= 0.3 is 5.97 Å². The highest BCUT2D eigenvalue weighted by atomic mass is 32.2. The van der Waals surface area contributed by atoms with Crippen LogP contribution in [0.3, 0.4) is 0 Å². The summed E-state index contributed by atoms with van der Waals surface area (Å²) in [5.41, 5.74) is 1.41. The highest BCUT2D eigenvalue weighted by molar-refractivity contribution is 7.92. The van der Waals surface area contributed by atoms with E-state index in [1.807, 2.05) is 4.90 Å². The Hall–Kier alpha value is -4.25. The van der Waals surface area contributed by atoms with E-state index in [0.717, 1.165) is 17.8 Å². The van der Waals surface area contributed by atoms with Crippen molar-refractivity contribution in [1.82, 2.24) is 4.98 Å². The highest BCUT2D eigenvalue weighted by Gasteiger charge is 2.22. The van der Waals surface area contributed by atoms with Gasteiger partial charge in [0.1, 0.15) is 17.5 Å². The van der Waals surface area contributed by atoms with Crippen molar-refractivity contribution in [3.05, 3.63) is 90.0 Å². The minimum Gasteiger partial charge on any atom is -0.478 e. The molecule has 0 bridgehead atoms. The van der Waals surface area contributed by atoms with E-state index in [2.05, 4.69) is 14.6 Å². The molecule has 1 aliphatic heterocycles. The fraction of sp³-hybridized carbons (Fsp3) is 0.154. The second-order valence-corrected chi connectivity index (χ2v) is 10.3. The van der Waals surface area contributed by atoms with Crippen molar-refractivity contribution in [3.8, 4) is 0 Å². The number of halogens is 2. The van der Waals surface area contributed by atoms with Crippen LogP contribution in [0.2, 0.25) is 0 Å². The number of rotatable bonds is 6. The minimum absolute atomic E-state index is 0.0206. The lowest BCUT2D eigenvalue weighted by atomic mass is 10.1. The summed E-state index contributed by atoms with van der Waals surface area (Å²) in [7, 11) is -4.08. The average Bonchev–Trinajstić information content (AvgIpc) is 2.88. The monoisotopic (exact) mass is 524 g/mol. The molecule has 0 atom stereocenters. The maximum Gasteiger partial charge on any atom is 0.336 e. The Balaban J connectivity index is 1.40. The Morgan fingerprint density at radius 1 is 0.865 bits per heavy atom. The van der Waals surface area contributed by atoms with Crippen LogP contribution < -0.4 is 14.5 Å². The van der Waals surface area contributed by atoms with E-state index in [4.69, 9.17) is 0 Å². The van der Waals surface area contributed by atoms with Gasteiger partial charge in [-0.2, -0.15) is 0 Å². The topological polar surface area (TPSA) is 103 Å². The van der Waals surface area contributed by atoms with Crippen molar-refractivity contribution in [2.24, 2.45) is 0 Å². The molecule has 2 heterocycles. The molecule has 4 aromatic rings. The molecule has 1 fully saturated rings. The number of carboxylic acid groups (broad SMARTS) is 1. The molecule has 190 valence electrons. The van der Waals surface area contributed by atoms with Gasteiger partial charge in [-0.25, -0.2) is 27.0 Å². The van der Waals surface area contributed by atoms with Crippen molar-refractivity contribution in [3.63, 3.8) is 0 Å². The predicted molar refractivity (Wildman–Crippen MR) is 137 cm³/mol. The molecule has 1 aromatic heterocycles. The number of anilines is 3. The smallest absolute Gasteiger partial charge is 0.336 e. The maximum atomic E-state index is 13.5. The number of aromatic nitrogens is 1. The first-order chi connectivity index (χ1) is 17.7. The Morgan fingerprint density at radius 2 is 1.57 bits per heavy atom. The summed E-state index contributed by atoms with van der Waals surface area (Å²) in [6.45, 7) is 2.46. The molecule has 11 heteroatoms. The second-order valence-electron chi connectivity index (χ2n) is 8.58. The number of carboxylic acids is 1. The van der Waals surface area contributed by atoms with Crippen LogP contribution >= 0.6 is 0 Å². The van der Waals surface area contributed by atoms with Gasteiger partial charge in [0.2, 0.25) is 0 Å². The molecule has 1 aliphatic rings. The van der Waals surface area contributed by atoms with Gasteiger partial charge in [0.25, 0.3) is 10.0 Å². The summed E-state index contributed by atoms with van der Waals surface area (Å²) < 4.78 is 54.5. The number of sulfonamides is 1. The van der Waals surface area contributed by atoms with Gasteiger partial charge in [0.05, 0.1) is 16.0 Å². The summed E-state index contributed by atoms with van der Waals surface area (Å²) >= 11 is 0. The third-order valence-electron chi connectivity index (χ3n) is 6.18. The number of fused-ring (bicyclic) bond motifs is 1.